The van der Waals surface area contributed by atoms with Crippen LogP contribution in [0.15, 0.2) is 22.7 Å². The van der Waals surface area contributed by atoms with E-state index >= 15 is 0 Å². The maximum Gasteiger partial charge on any atom is 0.124 e. The Balaban J connectivity index is 1.94. The smallest absolute Gasteiger partial charge is 0.124 e. The minimum absolute atomic E-state index is 0.175. The highest BCUT2D eigenvalue weighted by Gasteiger charge is 2.22. The van der Waals surface area contributed by atoms with Gasteiger partial charge in [0.15, 0.2) is 0 Å². The van der Waals surface area contributed by atoms with Gasteiger partial charge in [0.25, 0.3) is 0 Å². The number of hydrogen-bond acceptors (Lipinski definition) is 1. The lowest BCUT2D eigenvalue weighted by molar-refractivity contribution is 0.425. The molecule has 88 valence electrons. The van der Waals surface area contributed by atoms with Gasteiger partial charge in [-0.15, -0.1) is 0 Å². The van der Waals surface area contributed by atoms with Gasteiger partial charge in [-0.1, -0.05) is 29.3 Å². The summed E-state index contributed by atoms with van der Waals surface area (Å²) in [5.74, 6) is 0.572. The quantitative estimate of drug-likeness (QED) is 0.889. The summed E-state index contributed by atoms with van der Waals surface area (Å²) in [6.45, 7) is 3.04. The summed E-state index contributed by atoms with van der Waals surface area (Å²) in [5.41, 5.74) is 1.01. The van der Waals surface area contributed by atoms with Crippen molar-refractivity contribution in [2.24, 2.45) is 5.92 Å². The molecule has 0 spiro atoms. The SMILES string of the molecule is CC1CCCC1NCc1cc(F)cc(Br)c1. The van der Waals surface area contributed by atoms with E-state index in [4.69, 9.17) is 0 Å². The topological polar surface area (TPSA) is 12.0 Å². The fraction of sp³-hybridized carbons (Fsp3) is 0.538. The predicted octanol–water partition coefficient (Wildman–Crippen LogP) is 3.87. The Bertz CT molecular complexity index is 347. The molecule has 1 aliphatic carbocycles. The molecular formula is C13H17BrFN. The van der Waals surface area contributed by atoms with Crippen LogP contribution >= 0.6 is 15.9 Å². The second kappa shape index (κ2) is 5.28. The molecule has 2 rings (SSSR count). The fourth-order valence-electron chi connectivity index (χ4n) is 2.41. The third-order valence-corrected chi connectivity index (χ3v) is 3.81. The van der Waals surface area contributed by atoms with Crippen molar-refractivity contribution in [1.82, 2.24) is 5.32 Å². The molecule has 2 unspecified atom stereocenters. The Hall–Kier alpha value is -0.410. The number of halogens is 2. The normalized spacial score (nSPS) is 24.9. The molecule has 1 N–H and O–H groups in total. The molecule has 1 nitrogen and oxygen atoms in total. The zero-order valence-electron chi connectivity index (χ0n) is 9.47. The minimum Gasteiger partial charge on any atom is -0.310 e. The summed E-state index contributed by atoms with van der Waals surface area (Å²) >= 11 is 3.31. The van der Waals surface area contributed by atoms with Gasteiger partial charge in [-0.2, -0.15) is 0 Å². The number of hydrogen-bond donors (Lipinski definition) is 1. The second-order valence-electron chi connectivity index (χ2n) is 4.67. The first-order valence-corrected chi connectivity index (χ1v) is 6.63. The molecule has 1 aromatic carbocycles. The van der Waals surface area contributed by atoms with E-state index in [0.29, 0.717) is 6.04 Å². The van der Waals surface area contributed by atoms with Gasteiger partial charge in [-0.3, -0.25) is 0 Å². The van der Waals surface area contributed by atoms with Crippen LogP contribution in [0.5, 0.6) is 0 Å². The molecule has 1 aliphatic rings. The van der Waals surface area contributed by atoms with Crippen LogP contribution < -0.4 is 5.32 Å². The Morgan fingerprint density at radius 1 is 1.38 bits per heavy atom. The van der Waals surface area contributed by atoms with Gasteiger partial charge in [0.05, 0.1) is 0 Å². The zero-order chi connectivity index (χ0) is 11.5. The van der Waals surface area contributed by atoms with E-state index in [1.807, 2.05) is 6.07 Å². The molecule has 3 heteroatoms. The molecule has 1 saturated carbocycles. The van der Waals surface area contributed by atoms with Crippen LogP contribution in [0, 0.1) is 11.7 Å². The molecule has 0 aromatic heterocycles. The number of benzene rings is 1. The number of rotatable bonds is 3. The maximum atomic E-state index is 13.1. The maximum absolute atomic E-state index is 13.1. The first-order valence-electron chi connectivity index (χ1n) is 5.83. The van der Waals surface area contributed by atoms with Gasteiger partial charge in [0.1, 0.15) is 5.82 Å². The molecule has 0 saturated heterocycles. The lowest BCUT2D eigenvalue weighted by Gasteiger charge is -2.17. The molecular weight excluding hydrogens is 269 g/mol. The van der Waals surface area contributed by atoms with E-state index < -0.39 is 0 Å². The summed E-state index contributed by atoms with van der Waals surface area (Å²) < 4.78 is 14.0. The lowest BCUT2D eigenvalue weighted by Crippen LogP contribution is -2.30. The molecule has 0 bridgehead atoms. The highest BCUT2D eigenvalue weighted by atomic mass is 79.9. The minimum atomic E-state index is -0.175. The van der Waals surface area contributed by atoms with Crippen LogP contribution in [0.4, 0.5) is 4.39 Å². The highest BCUT2D eigenvalue weighted by Crippen LogP contribution is 2.25. The van der Waals surface area contributed by atoms with Crippen molar-refractivity contribution >= 4 is 15.9 Å². The average molecular weight is 286 g/mol. The average Bonchev–Trinajstić information content (AvgIpc) is 2.59. The first kappa shape index (κ1) is 12.1. The predicted molar refractivity (Wildman–Crippen MR) is 67.7 cm³/mol. The Labute approximate surface area is 105 Å². The second-order valence-corrected chi connectivity index (χ2v) is 5.59. The van der Waals surface area contributed by atoms with Crippen LogP contribution in [0.3, 0.4) is 0 Å². The molecule has 0 amide bonds. The molecule has 2 atom stereocenters. The lowest BCUT2D eigenvalue weighted by atomic mass is 10.1. The van der Waals surface area contributed by atoms with E-state index in [0.717, 1.165) is 22.5 Å². The van der Waals surface area contributed by atoms with E-state index in [9.17, 15) is 4.39 Å². The van der Waals surface area contributed by atoms with Gasteiger partial charge in [0, 0.05) is 17.1 Å². The van der Waals surface area contributed by atoms with Crippen molar-refractivity contribution in [3.63, 3.8) is 0 Å². The summed E-state index contributed by atoms with van der Waals surface area (Å²) in [4.78, 5) is 0. The highest BCUT2D eigenvalue weighted by molar-refractivity contribution is 9.10. The molecule has 0 radical (unpaired) electrons. The molecule has 0 heterocycles. The van der Waals surface area contributed by atoms with Gasteiger partial charge < -0.3 is 5.32 Å². The molecule has 0 aliphatic heterocycles. The van der Waals surface area contributed by atoms with Crippen molar-refractivity contribution in [2.45, 2.75) is 38.8 Å². The largest absolute Gasteiger partial charge is 0.310 e. The van der Waals surface area contributed by atoms with Gasteiger partial charge in [0.2, 0.25) is 0 Å². The van der Waals surface area contributed by atoms with E-state index in [1.165, 1.54) is 25.3 Å². The molecule has 1 aromatic rings. The third-order valence-electron chi connectivity index (χ3n) is 3.35. The van der Waals surface area contributed by atoms with Gasteiger partial charge in [-0.05, 0) is 42.5 Å². The van der Waals surface area contributed by atoms with Crippen molar-refractivity contribution < 1.29 is 4.39 Å². The van der Waals surface area contributed by atoms with Crippen LogP contribution in [0.25, 0.3) is 0 Å². The number of nitrogens with one attached hydrogen (secondary N) is 1. The van der Waals surface area contributed by atoms with E-state index in [-0.39, 0.29) is 5.82 Å². The first-order chi connectivity index (χ1) is 7.65. The summed E-state index contributed by atoms with van der Waals surface area (Å²) in [6.07, 6.45) is 3.87. The zero-order valence-corrected chi connectivity index (χ0v) is 11.1. The van der Waals surface area contributed by atoms with Gasteiger partial charge >= 0.3 is 0 Å². The fourth-order valence-corrected chi connectivity index (χ4v) is 2.92. The van der Waals surface area contributed by atoms with Crippen molar-refractivity contribution in [3.8, 4) is 0 Å². The van der Waals surface area contributed by atoms with Crippen LogP contribution in [0.1, 0.15) is 31.7 Å². The van der Waals surface area contributed by atoms with E-state index in [2.05, 4.69) is 28.2 Å². The summed E-state index contributed by atoms with van der Waals surface area (Å²) in [6, 6.07) is 5.65. The summed E-state index contributed by atoms with van der Waals surface area (Å²) in [7, 11) is 0. The monoisotopic (exact) mass is 285 g/mol. The third kappa shape index (κ3) is 3.05. The molecule has 1 fully saturated rings. The van der Waals surface area contributed by atoms with Crippen molar-refractivity contribution in [2.75, 3.05) is 0 Å². The van der Waals surface area contributed by atoms with Crippen LogP contribution in [-0.4, -0.2) is 6.04 Å². The Morgan fingerprint density at radius 2 is 2.19 bits per heavy atom. The van der Waals surface area contributed by atoms with Gasteiger partial charge in [-0.25, -0.2) is 4.39 Å². The molecule has 16 heavy (non-hydrogen) atoms. The van der Waals surface area contributed by atoms with E-state index in [1.54, 1.807) is 6.07 Å². The Morgan fingerprint density at radius 3 is 2.81 bits per heavy atom. The van der Waals surface area contributed by atoms with Crippen molar-refractivity contribution in [1.29, 1.82) is 0 Å². The van der Waals surface area contributed by atoms with Crippen LogP contribution in [-0.2, 0) is 6.54 Å². The Kier molecular flexibility index (Phi) is 3.98. The standard InChI is InChI=1S/C13H17BrFN/c1-9-3-2-4-13(9)16-8-10-5-11(14)7-12(15)6-10/h5-7,9,13,16H,2-4,8H2,1H3. The van der Waals surface area contributed by atoms with Crippen LogP contribution in [0.2, 0.25) is 0 Å². The summed E-state index contributed by atoms with van der Waals surface area (Å²) in [5, 5.41) is 3.51. The van der Waals surface area contributed by atoms with Crippen molar-refractivity contribution in [3.05, 3.63) is 34.1 Å².